The summed E-state index contributed by atoms with van der Waals surface area (Å²) in [5, 5.41) is 9.27. The van der Waals surface area contributed by atoms with Gasteiger partial charge in [0.2, 0.25) is 0 Å². The first-order valence-corrected chi connectivity index (χ1v) is 5.72. The number of hydrogen-bond acceptors (Lipinski definition) is 3. The lowest BCUT2D eigenvalue weighted by molar-refractivity contribution is -0.136. The van der Waals surface area contributed by atoms with Crippen LogP contribution in [0.2, 0.25) is 0 Å². The predicted molar refractivity (Wildman–Crippen MR) is 65.6 cm³/mol. The Morgan fingerprint density at radius 1 is 1.42 bits per heavy atom. The van der Waals surface area contributed by atoms with Crippen LogP contribution in [0.25, 0.3) is 10.9 Å². The summed E-state index contributed by atoms with van der Waals surface area (Å²) in [5.74, 6) is -2.24. The van der Waals surface area contributed by atoms with Crippen LogP contribution in [0.1, 0.15) is 23.0 Å². The van der Waals surface area contributed by atoms with Gasteiger partial charge < -0.3 is 14.8 Å². The molecule has 0 spiro atoms. The molecule has 5 nitrogen and oxygen atoms in total. The quantitative estimate of drug-likeness (QED) is 0.830. The second kappa shape index (κ2) is 5.09. The summed E-state index contributed by atoms with van der Waals surface area (Å²) in [6.07, 6.45) is -0.377. The smallest absolute Gasteiger partial charge is 0.355 e. The molecule has 0 saturated carbocycles. The second-order valence-electron chi connectivity index (χ2n) is 3.96. The molecule has 0 amide bonds. The van der Waals surface area contributed by atoms with Crippen molar-refractivity contribution in [3.8, 4) is 0 Å². The summed E-state index contributed by atoms with van der Waals surface area (Å²) >= 11 is 0. The van der Waals surface area contributed by atoms with E-state index < -0.39 is 17.8 Å². The molecular formula is C13H12FNO4. The Bertz CT molecular complexity index is 647. The molecule has 1 aromatic carbocycles. The summed E-state index contributed by atoms with van der Waals surface area (Å²) < 4.78 is 18.1. The maximum atomic E-state index is 13.2. The van der Waals surface area contributed by atoms with E-state index in [2.05, 4.69) is 4.98 Å². The monoisotopic (exact) mass is 265 g/mol. The van der Waals surface area contributed by atoms with Crippen LogP contribution < -0.4 is 0 Å². The highest BCUT2D eigenvalue weighted by molar-refractivity contribution is 6.00. The molecule has 2 N–H and O–H groups in total. The SMILES string of the molecule is CCOC(=O)c1[nH]c2ccc(F)cc2c1CC(=O)O. The van der Waals surface area contributed by atoms with E-state index in [0.717, 1.165) is 0 Å². The fraction of sp³-hybridized carbons (Fsp3) is 0.231. The number of hydrogen-bond donors (Lipinski definition) is 2. The predicted octanol–water partition coefficient (Wildman–Crippen LogP) is 2.11. The number of aromatic nitrogens is 1. The van der Waals surface area contributed by atoms with Crippen LogP contribution in [-0.2, 0) is 16.0 Å². The minimum absolute atomic E-state index is 0.0600. The maximum Gasteiger partial charge on any atom is 0.355 e. The van der Waals surface area contributed by atoms with Gasteiger partial charge in [-0.15, -0.1) is 0 Å². The first kappa shape index (κ1) is 13.1. The normalized spacial score (nSPS) is 10.6. The molecule has 0 saturated heterocycles. The zero-order chi connectivity index (χ0) is 14.0. The zero-order valence-electron chi connectivity index (χ0n) is 10.2. The standard InChI is InChI=1S/C13H12FNO4/c1-2-19-13(18)12-9(6-11(16)17)8-5-7(14)3-4-10(8)15-12/h3-5,15H,2,6H2,1H3,(H,16,17). The van der Waals surface area contributed by atoms with Crippen molar-refractivity contribution in [3.05, 3.63) is 35.3 Å². The third-order valence-corrected chi connectivity index (χ3v) is 2.68. The Balaban J connectivity index is 2.61. The molecule has 2 rings (SSSR count). The van der Waals surface area contributed by atoms with Crippen molar-refractivity contribution in [3.63, 3.8) is 0 Å². The number of carboxylic acids is 1. The van der Waals surface area contributed by atoms with Gasteiger partial charge in [-0.1, -0.05) is 0 Å². The number of esters is 1. The number of halogens is 1. The number of aliphatic carboxylic acids is 1. The molecule has 0 aliphatic rings. The van der Waals surface area contributed by atoms with Gasteiger partial charge in [0, 0.05) is 16.5 Å². The average molecular weight is 265 g/mol. The minimum atomic E-state index is -1.10. The van der Waals surface area contributed by atoms with E-state index in [9.17, 15) is 14.0 Å². The average Bonchev–Trinajstić information content (AvgIpc) is 2.67. The number of aromatic amines is 1. The highest BCUT2D eigenvalue weighted by atomic mass is 19.1. The molecule has 0 atom stereocenters. The van der Waals surface area contributed by atoms with Crippen LogP contribution in [0.4, 0.5) is 4.39 Å². The van der Waals surface area contributed by atoms with E-state index in [4.69, 9.17) is 9.84 Å². The van der Waals surface area contributed by atoms with E-state index >= 15 is 0 Å². The number of fused-ring (bicyclic) bond motifs is 1. The third kappa shape index (κ3) is 2.57. The van der Waals surface area contributed by atoms with E-state index in [1.807, 2.05) is 0 Å². The van der Waals surface area contributed by atoms with Crippen LogP contribution >= 0.6 is 0 Å². The largest absolute Gasteiger partial charge is 0.481 e. The lowest BCUT2D eigenvalue weighted by atomic mass is 10.1. The first-order chi connectivity index (χ1) is 9.02. The number of rotatable bonds is 4. The topological polar surface area (TPSA) is 79.4 Å². The first-order valence-electron chi connectivity index (χ1n) is 5.72. The van der Waals surface area contributed by atoms with Gasteiger partial charge in [-0.25, -0.2) is 9.18 Å². The van der Waals surface area contributed by atoms with Gasteiger partial charge in [0.15, 0.2) is 0 Å². The minimum Gasteiger partial charge on any atom is -0.481 e. The summed E-state index contributed by atoms with van der Waals surface area (Å²) in [6, 6.07) is 3.89. The van der Waals surface area contributed by atoms with Crippen LogP contribution in [0, 0.1) is 5.82 Å². The summed E-state index contributed by atoms with van der Waals surface area (Å²) in [6.45, 7) is 1.83. The molecule has 1 heterocycles. The van der Waals surface area contributed by atoms with Crippen molar-refractivity contribution in [2.75, 3.05) is 6.61 Å². The van der Waals surface area contributed by atoms with Crippen molar-refractivity contribution in [2.45, 2.75) is 13.3 Å². The van der Waals surface area contributed by atoms with Gasteiger partial charge in [0.1, 0.15) is 11.5 Å². The van der Waals surface area contributed by atoms with Gasteiger partial charge in [-0.05, 0) is 25.1 Å². The number of benzene rings is 1. The number of carbonyl (C=O) groups excluding carboxylic acids is 1. The van der Waals surface area contributed by atoms with E-state index in [1.165, 1.54) is 18.2 Å². The number of nitrogens with one attached hydrogen (secondary N) is 1. The van der Waals surface area contributed by atoms with Crippen molar-refractivity contribution >= 4 is 22.8 Å². The zero-order valence-corrected chi connectivity index (χ0v) is 10.2. The molecule has 100 valence electrons. The molecule has 6 heteroatoms. The number of carboxylic acid groups (broad SMARTS) is 1. The highest BCUT2D eigenvalue weighted by Crippen LogP contribution is 2.24. The Morgan fingerprint density at radius 3 is 2.79 bits per heavy atom. The van der Waals surface area contributed by atoms with Gasteiger partial charge in [-0.3, -0.25) is 4.79 Å². The van der Waals surface area contributed by atoms with Crippen molar-refractivity contribution in [1.29, 1.82) is 0 Å². The van der Waals surface area contributed by atoms with Crippen molar-refractivity contribution < 1.29 is 23.8 Å². The summed E-state index contributed by atoms with van der Waals surface area (Å²) in [5.41, 5.74) is 0.797. The van der Waals surface area contributed by atoms with E-state index in [1.54, 1.807) is 6.92 Å². The lowest BCUT2D eigenvalue weighted by Crippen LogP contribution is -2.10. The molecular weight excluding hydrogens is 253 g/mol. The molecule has 0 fully saturated rings. The fourth-order valence-electron chi connectivity index (χ4n) is 1.93. The van der Waals surface area contributed by atoms with Gasteiger partial charge in [0.05, 0.1) is 13.0 Å². The van der Waals surface area contributed by atoms with E-state index in [-0.39, 0.29) is 24.3 Å². The van der Waals surface area contributed by atoms with Gasteiger partial charge >= 0.3 is 11.9 Å². The molecule has 2 aromatic rings. The Hall–Kier alpha value is -2.37. The van der Waals surface area contributed by atoms with Gasteiger partial charge in [0.25, 0.3) is 0 Å². The maximum absolute atomic E-state index is 13.2. The lowest BCUT2D eigenvalue weighted by Gasteiger charge is -2.02. The Labute approximate surface area is 108 Å². The molecule has 19 heavy (non-hydrogen) atoms. The van der Waals surface area contributed by atoms with E-state index in [0.29, 0.717) is 10.9 Å². The molecule has 0 radical (unpaired) electrons. The molecule has 0 bridgehead atoms. The second-order valence-corrected chi connectivity index (χ2v) is 3.96. The third-order valence-electron chi connectivity index (χ3n) is 2.68. The Kier molecular flexibility index (Phi) is 3.50. The van der Waals surface area contributed by atoms with Crippen molar-refractivity contribution in [2.24, 2.45) is 0 Å². The molecule has 0 aliphatic heterocycles. The Morgan fingerprint density at radius 2 is 2.16 bits per heavy atom. The highest BCUT2D eigenvalue weighted by Gasteiger charge is 2.20. The van der Waals surface area contributed by atoms with Crippen LogP contribution in [0.3, 0.4) is 0 Å². The van der Waals surface area contributed by atoms with Crippen molar-refractivity contribution in [1.82, 2.24) is 4.98 Å². The fourth-order valence-corrected chi connectivity index (χ4v) is 1.93. The van der Waals surface area contributed by atoms with Crippen LogP contribution in [0.15, 0.2) is 18.2 Å². The molecule has 0 aliphatic carbocycles. The van der Waals surface area contributed by atoms with Gasteiger partial charge in [-0.2, -0.15) is 0 Å². The van der Waals surface area contributed by atoms with Crippen LogP contribution in [-0.4, -0.2) is 28.6 Å². The number of H-pyrrole nitrogens is 1. The summed E-state index contributed by atoms with van der Waals surface area (Å²) in [4.78, 5) is 25.4. The van der Waals surface area contributed by atoms with Crippen LogP contribution in [0.5, 0.6) is 0 Å². The number of ether oxygens (including phenoxy) is 1. The molecule has 0 unspecified atom stereocenters. The number of carbonyl (C=O) groups is 2. The summed E-state index contributed by atoms with van der Waals surface area (Å²) in [7, 11) is 0. The molecule has 1 aromatic heterocycles.